The van der Waals surface area contributed by atoms with Crippen LogP contribution in [0.1, 0.15) is 27.7 Å². The summed E-state index contributed by atoms with van der Waals surface area (Å²) in [7, 11) is 0. The summed E-state index contributed by atoms with van der Waals surface area (Å²) in [5, 5.41) is 12.6. The molecular formula is C16H22N2O4. The molecule has 120 valence electrons. The number of hydrogen-bond acceptors (Lipinski definition) is 4. The van der Waals surface area contributed by atoms with Gasteiger partial charge in [-0.3, -0.25) is 4.79 Å². The molecule has 2 N–H and O–H groups in total. The number of nitrogens with zero attached hydrogens (tertiary/aromatic N) is 1. The molecule has 1 saturated heterocycles. The SMILES string of the molecule is C[C@H](NC(=O)OC(C)(C)C)[C@@H]1[C@H](O)C(=O)N1c1ccccc1. The number of β-lactam (4-membered cyclic amide) rings is 1. The highest BCUT2D eigenvalue weighted by Gasteiger charge is 2.50. The van der Waals surface area contributed by atoms with Crippen molar-refractivity contribution < 1.29 is 19.4 Å². The second-order valence-electron chi connectivity index (χ2n) is 6.41. The van der Waals surface area contributed by atoms with Gasteiger partial charge in [-0.1, -0.05) is 18.2 Å². The minimum Gasteiger partial charge on any atom is -0.444 e. The van der Waals surface area contributed by atoms with Crippen molar-refractivity contribution in [3.8, 4) is 0 Å². The number of aliphatic hydroxyl groups is 1. The quantitative estimate of drug-likeness (QED) is 0.833. The minimum atomic E-state index is -1.12. The first-order valence-electron chi connectivity index (χ1n) is 7.26. The largest absolute Gasteiger partial charge is 0.444 e. The molecule has 2 amide bonds. The van der Waals surface area contributed by atoms with Crippen molar-refractivity contribution in [2.45, 2.75) is 51.5 Å². The summed E-state index contributed by atoms with van der Waals surface area (Å²) >= 11 is 0. The second kappa shape index (κ2) is 5.96. The first-order valence-corrected chi connectivity index (χ1v) is 7.26. The molecule has 0 aromatic heterocycles. The molecule has 0 radical (unpaired) electrons. The van der Waals surface area contributed by atoms with Crippen molar-refractivity contribution >= 4 is 17.7 Å². The lowest BCUT2D eigenvalue weighted by Gasteiger charge is -2.47. The van der Waals surface area contributed by atoms with Gasteiger partial charge in [0.15, 0.2) is 6.10 Å². The van der Waals surface area contributed by atoms with Crippen LogP contribution in [0.4, 0.5) is 10.5 Å². The number of nitrogens with one attached hydrogen (secondary N) is 1. The molecule has 1 fully saturated rings. The standard InChI is InChI=1S/C16H22N2O4/c1-10(17-15(21)22-16(2,3)4)12-13(19)14(20)18(12)11-8-6-5-7-9-11/h5-10,12-13,19H,1-4H3,(H,17,21)/t10-,12+,13-/m0/s1. The molecule has 22 heavy (non-hydrogen) atoms. The van der Waals surface area contributed by atoms with E-state index in [1.54, 1.807) is 39.8 Å². The van der Waals surface area contributed by atoms with Crippen molar-refractivity contribution in [2.24, 2.45) is 0 Å². The van der Waals surface area contributed by atoms with Gasteiger partial charge in [-0.25, -0.2) is 4.79 Å². The molecule has 0 bridgehead atoms. The van der Waals surface area contributed by atoms with E-state index >= 15 is 0 Å². The second-order valence-corrected chi connectivity index (χ2v) is 6.41. The van der Waals surface area contributed by atoms with E-state index < -0.39 is 29.9 Å². The Morgan fingerprint density at radius 1 is 1.32 bits per heavy atom. The molecule has 6 nitrogen and oxygen atoms in total. The molecule has 0 saturated carbocycles. The fourth-order valence-electron chi connectivity index (χ4n) is 2.46. The van der Waals surface area contributed by atoms with Crippen LogP contribution in [0.25, 0.3) is 0 Å². The number of rotatable bonds is 3. The number of para-hydroxylation sites is 1. The lowest BCUT2D eigenvalue weighted by Crippen LogP contribution is -2.71. The Balaban J connectivity index is 2.06. The first-order chi connectivity index (χ1) is 10.2. The number of benzene rings is 1. The van der Waals surface area contributed by atoms with E-state index in [-0.39, 0.29) is 5.91 Å². The number of amides is 2. The van der Waals surface area contributed by atoms with Gasteiger partial charge in [0.1, 0.15) is 5.60 Å². The highest BCUT2D eigenvalue weighted by molar-refractivity contribution is 6.05. The smallest absolute Gasteiger partial charge is 0.407 e. The van der Waals surface area contributed by atoms with Gasteiger partial charge in [0.05, 0.1) is 12.1 Å². The van der Waals surface area contributed by atoms with E-state index in [9.17, 15) is 14.7 Å². The molecule has 1 aliphatic rings. The molecule has 0 aliphatic carbocycles. The van der Waals surface area contributed by atoms with Crippen LogP contribution in [-0.4, -0.2) is 40.9 Å². The van der Waals surface area contributed by atoms with Crippen LogP contribution in [0.2, 0.25) is 0 Å². The molecule has 1 aliphatic heterocycles. The van der Waals surface area contributed by atoms with E-state index in [1.165, 1.54) is 4.90 Å². The van der Waals surface area contributed by atoms with Crippen molar-refractivity contribution in [3.63, 3.8) is 0 Å². The van der Waals surface area contributed by atoms with Gasteiger partial charge in [-0.15, -0.1) is 0 Å². The highest BCUT2D eigenvalue weighted by Crippen LogP contribution is 2.30. The molecule has 1 aromatic carbocycles. The minimum absolute atomic E-state index is 0.367. The summed E-state index contributed by atoms with van der Waals surface area (Å²) in [5.41, 5.74) is 0.0948. The van der Waals surface area contributed by atoms with Crippen molar-refractivity contribution in [1.82, 2.24) is 5.32 Å². The third kappa shape index (κ3) is 3.39. The summed E-state index contributed by atoms with van der Waals surface area (Å²) in [6, 6.07) is 8.10. The third-order valence-electron chi connectivity index (χ3n) is 3.40. The van der Waals surface area contributed by atoms with E-state index in [1.807, 2.05) is 18.2 Å². The maximum atomic E-state index is 11.9. The lowest BCUT2D eigenvalue weighted by molar-refractivity contribution is -0.137. The van der Waals surface area contributed by atoms with Gasteiger partial charge in [0.2, 0.25) is 0 Å². The summed E-state index contributed by atoms with van der Waals surface area (Å²) < 4.78 is 5.20. The Morgan fingerprint density at radius 3 is 2.45 bits per heavy atom. The van der Waals surface area contributed by atoms with Crippen LogP contribution in [-0.2, 0) is 9.53 Å². The zero-order valence-electron chi connectivity index (χ0n) is 13.2. The Labute approximate surface area is 130 Å². The number of hydrogen-bond donors (Lipinski definition) is 2. The van der Waals surface area contributed by atoms with Gasteiger partial charge in [0, 0.05) is 5.69 Å². The summed E-state index contributed by atoms with van der Waals surface area (Å²) in [6.45, 7) is 7.06. The van der Waals surface area contributed by atoms with Crippen LogP contribution >= 0.6 is 0 Å². The number of anilines is 1. The molecule has 0 spiro atoms. The van der Waals surface area contributed by atoms with Gasteiger partial charge < -0.3 is 20.1 Å². The topological polar surface area (TPSA) is 78.9 Å². The zero-order valence-corrected chi connectivity index (χ0v) is 13.2. The van der Waals surface area contributed by atoms with Crippen molar-refractivity contribution in [2.75, 3.05) is 4.90 Å². The Bertz CT molecular complexity index is 553. The Hall–Kier alpha value is -2.08. The van der Waals surface area contributed by atoms with Gasteiger partial charge in [-0.2, -0.15) is 0 Å². The third-order valence-corrected chi connectivity index (χ3v) is 3.40. The predicted molar refractivity (Wildman–Crippen MR) is 82.6 cm³/mol. The number of alkyl carbamates (subject to hydrolysis) is 1. The Kier molecular flexibility index (Phi) is 4.42. The highest BCUT2D eigenvalue weighted by atomic mass is 16.6. The predicted octanol–water partition coefficient (Wildman–Crippen LogP) is 1.68. The average Bonchev–Trinajstić information content (AvgIpc) is 2.41. The van der Waals surface area contributed by atoms with Crippen LogP contribution in [0, 0.1) is 0 Å². The molecule has 6 heteroatoms. The first kappa shape index (κ1) is 16.3. The average molecular weight is 306 g/mol. The maximum Gasteiger partial charge on any atom is 0.407 e. The Morgan fingerprint density at radius 2 is 1.91 bits per heavy atom. The number of ether oxygens (including phenoxy) is 1. The van der Waals surface area contributed by atoms with Gasteiger partial charge >= 0.3 is 6.09 Å². The lowest BCUT2D eigenvalue weighted by atomic mass is 9.91. The van der Waals surface area contributed by atoms with Gasteiger partial charge in [-0.05, 0) is 39.8 Å². The van der Waals surface area contributed by atoms with Gasteiger partial charge in [0.25, 0.3) is 5.91 Å². The van der Waals surface area contributed by atoms with Crippen LogP contribution in [0.3, 0.4) is 0 Å². The van der Waals surface area contributed by atoms with Crippen LogP contribution in [0.15, 0.2) is 30.3 Å². The molecular weight excluding hydrogens is 284 g/mol. The normalized spacial score (nSPS) is 22.8. The molecule has 1 heterocycles. The van der Waals surface area contributed by atoms with Crippen LogP contribution in [0.5, 0.6) is 0 Å². The molecule has 1 aromatic rings. The van der Waals surface area contributed by atoms with Crippen LogP contribution < -0.4 is 10.2 Å². The van der Waals surface area contributed by atoms with E-state index in [0.29, 0.717) is 5.69 Å². The number of carbonyl (C=O) groups excluding carboxylic acids is 2. The fourth-order valence-corrected chi connectivity index (χ4v) is 2.46. The van der Waals surface area contributed by atoms with E-state index in [0.717, 1.165) is 0 Å². The summed E-state index contributed by atoms with van der Waals surface area (Å²) in [6.07, 6.45) is -1.69. The van der Waals surface area contributed by atoms with Crippen molar-refractivity contribution in [1.29, 1.82) is 0 Å². The monoisotopic (exact) mass is 306 g/mol. The zero-order chi connectivity index (χ0) is 16.5. The maximum absolute atomic E-state index is 11.9. The summed E-state index contributed by atoms with van der Waals surface area (Å²) in [4.78, 5) is 25.2. The number of aliphatic hydroxyl groups excluding tert-OH is 1. The molecule has 2 rings (SSSR count). The number of carbonyl (C=O) groups is 2. The van der Waals surface area contributed by atoms with Crippen molar-refractivity contribution in [3.05, 3.63) is 30.3 Å². The van der Waals surface area contributed by atoms with E-state index in [4.69, 9.17) is 4.74 Å². The van der Waals surface area contributed by atoms with E-state index in [2.05, 4.69) is 5.32 Å². The molecule has 3 atom stereocenters. The molecule has 0 unspecified atom stereocenters. The fraction of sp³-hybridized carbons (Fsp3) is 0.500. The summed E-state index contributed by atoms with van der Waals surface area (Å²) in [5.74, 6) is -0.367.